The van der Waals surface area contributed by atoms with Crippen LogP contribution in [0.15, 0.2) is 0 Å². The Morgan fingerprint density at radius 2 is 1.27 bits per heavy atom. The molecular formula is C3BrF7O3S. The Kier molecular flexibility index (Phi) is 3.71. The van der Waals surface area contributed by atoms with Crippen LogP contribution in [0.3, 0.4) is 0 Å². The van der Waals surface area contributed by atoms with Gasteiger partial charge in [0.15, 0.2) is 0 Å². The minimum Gasteiger partial charge on any atom is -0.189 e. The standard InChI is InChI=1S/C3BrF7O3S/c4-1(5,6)2(7,8)14-15(12,13)3(9,10)11. The van der Waals surface area contributed by atoms with Crippen molar-refractivity contribution in [2.75, 3.05) is 0 Å². The molecule has 0 aliphatic heterocycles. The third-order valence-corrected chi connectivity index (χ3v) is 2.29. The van der Waals surface area contributed by atoms with Crippen LogP contribution in [0.25, 0.3) is 0 Å². The molecule has 0 aromatic carbocycles. The first-order chi connectivity index (χ1) is 6.21. The van der Waals surface area contributed by atoms with Gasteiger partial charge in [-0.25, -0.2) is 0 Å². The molecule has 0 radical (unpaired) electrons. The van der Waals surface area contributed by atoms with Crippen LogP contribution in [-0.4, -0.2) is 24.9 Å². The van der Waals surface area contributed by atoms with Crippen molar-refractivity contribution >= 4 is 26.0 Å². The van der Waals surface area contributed by atoms with E-state index in [2.05, 4.69) is 4.18 Å². The number of alkyl halides is 8. The topological polar surface area (TPSA) is 43.4 Å². The molecule has 0 aliphatic rings. The number of halogens is 8. The van der Waals surface area contributed by atoms with Crippen molar-refractivity contribution < 1.29 is 43.3 Å². The minimum absolute atomic E-state index is 0.979. The molecule has 0 fully saturated rings. The molecule has 0 bridgehead atoms. The Morgan fingerprint density at radius 3 is 1.47 bits per heavy atom. The van der Waals surface area contributed by atoms with Crippen LogP contribution < -0.4 is 0 Å². The van der Waals surface area contributed by atoms with Crippen LogP contribution in [0.4, 0.5) is 30.7 Å². The zero-order valence-electron chi connectivity index (χ0n) is 6.16. The van der Waals surface area contributed by atoms with E-state index in [9.17, 15) is 39.2 Å². The molecule has 0 spiro atoms. The lowest BCUT2D eigenvalue weighted by Gasteiger charge is -2.20. The highest BCUT2D eigenvalue weighted by Crippen LogP contribution is 2.43. The summed E-state index contributed by atoms with van der Waals surface area (Å²) in [5.74, 6) is 0. The van der Waals surface area contributed by atoms with Gasteiger partial charge in [-0.2, -0.15) is 43.3 Å². The summed E-state index contributed by atoms with van der Waals surface area (Å²) in [6.07, 6.45) is -5.85. The van der Waals surface area contributed by atoms with Gasteiger partial charge in [-0.15, -0.1) is 0 Å². The van der Waals surface area contributed by atoms with Gasteiger partial charge in [-0.05, 0) is 0 Å². The Morgan fingerprint density at radius 1 is 0.933 bits per heavy atom. The summed E-state index contributed by atoms with van der Waals surface area (Å²) in [5.41, 5.74) is -6.21. The van der Waals surface area contributed by atoms with Crippen molar-refractivity contribution in [3.8, 4) is 0 Å². The van der Waals surface area contributed by atoms with Crippen LogP contribution in [0.2, 0.25) is 0 Å². The predicted molar refractivity (Wildman–Crippen MR) is 34.9 cm³/mol. The molecule has 0 aromatic heterocycles. The van der Waals surface area contributed by atoms with Crippen molar-refractivity contribution in [3.05, 3.63) is 0 Å². The fourth-order valence-electron chi connectivity index (χ4n) is 0.232. The Hall–Kier alpha value is -0.100. The summed E-state index contributed by atoms with van der Waals surface area (Å²) in [6.45, 7) is 0. The number of rotatable bonds is 3. The maximum Gasteiger partial charge on any atom is 0.523 e. The predicted octanol–water partition coefficient (Wildman–Crippen LogP) is 2.43. The minimum atomic E-state index is -6.80. The second-order valence-corrected chi connectivity index (χ2v) is 4.53. The lowest BCUT2D eigenvalue weighted by atomic mass is 10.7. The quantitative estimate of drug-likeness (QED) is 0.346. The summed E-state index contributed by atoms with van der Waals surface area (Å²) in [5, 5.41) is 0. The molecule has 0 amide bonds. The molecule has 0 rings (SSSR count). The molecule has 0 aliphatic carbocycles. The van der Waals surface area contributed by atoms with E-state index < -0.39 is 26.6 Å². The molecule has 0 unspecified atom stereocenters. The van der Waals surface area contributed by atoms with Gasteiger partial charge < -0.3 is 0 Å². The van der Waals surface area contributed by atoms with Crippen molar-refractivity contribution in [1.29, 1.82) is 0 Å². The monoisotopic (exact) mass is 328 g/mol. The van der Waals surface area contributed by atoms with Gasteiger partial charge in [-0.1, -0.05) is 0 Å². The zero-order valence-corrected chi connectivity index (χ0v) is 8.56. The Labute approximate surface area is 86.4 Å². The van der Waals surface area contributed by atoms with Crippen LogP contribution in [-0.2, 0) is 14.3 Å². The second kappa shape index (κ2) is 3.73. The fraction of sp³-hybridized carbons (Fsp3) is 1.00. The molecule has 0 saturated heterocycles. The SMILES string of the molecule is O=S(=O)(OC(F)(F)C(F)(F)Br)C(F)(F)F. The lowest BCUT2D eigenvalue weighted by Crippen LogP contribution is -2.42. The normalized spacial score (nSPS) is 15.5. The molecule has 92 valence electrons. The number of hydrogen-bond acceptors (Lipinski definition) is 3. The largest absolute Gasteiger partial charge is 0.523 e. The Balaban J connectivity index is 5.08. The van der Waals surface area contributed by atoms with Crippen LogP contribution in [0, 0.1) is 0 Å². The zero-order chi connectivity index (χ0) is 12.7. The van der Waals surface area contributed by atoms with E-state index in [-0.39, 0.29) is 0 Å². The van der Waals surface area contributed by atoms with E-state index in [0.717, 1.165) is 15.9 Å². The van der Waals surface area contributed by atoms with Crippen molar-refractivity contribution in [2.45, 2.75) is 16.4 Å². The second-order valence-electron chi connectivity index (χ2n) is 2.00. The van der Waals surface area contributed by atoms with Gasteiger partial charge in [0, 0.05) is 15.9 Å². The Bertz CT molecular complexity index is 326. The van der Waals surface area contributed by atoms with Crippen molar-refractivity contribution in [3.63, 3.8) is 0 Å². The van der Waals surface area contributed by atoms with E-state index in [0.29, 0.717) is 0 Å². The molecule has 0 aromatic rings. The van der Waals surface area contributed by atoms with E-state index in [1.807, 2.05) is 0 Å². The van der Waals surface area contributed by atoms with E-state index in [4.69, 9.17) is 0 Å². The molecule has 0 atom stereocenters. The summed E-state index contributed by atoms with van der Waals surface area (Å²) in [6, 6.07) is 0. The summed E-state index contributed by atoms with van der Waals surface area (Å²) in [4.78, 5) is -5.25. The highest BCUT2D eigenvalue weighted by Gasteiger charge is 2.63. The third kappa shape index (κ3) is 3.45. The molecular weight excluding hydrogens is 329 g/mol. The van der Waals surface area contributed by atoms with Gasteiger partial charge >= 0.3 is 26.6 Å². The molecule has 12 heteroatoms. The molecule has 0 N–H and O–H groups in total. The maximum atomic E-state index is 12.1. The summed E-state index contributed by atoms with van der Waals surface area (Å²) >= 11 is 0.979. The molecule has 0 heterocycles. The highest BCUT2D eigenvalue weighted by atomic mass is 79.9. The smallest absolute Gasteiger partial charge is 0.189 e. The first-order valence-electron chi connectivity index (χ1n) is 2.67. The van der Waals surface area contributed by atoms with Crippen LogP contribution in [0.5, 0.6) is 0 Å². The summed E-state index contributed by atoms with van der Waals surface area (Å²) < 4.78 is 104. The van der Waals surface area contributed by atoms with Gasteiger partial charge in [-0.3, -0.25) is 0 Å². The van der Waals surface area contributed by atoms with Crippen molar-refractivity contribution in [1.82, 2.24) is 0 Å². The maximum absolute atomic E-state index is 12.1. The number of hydrogen-bond donors (Lipinski definition) is 0. The van der Waals surface area contributed by atoms with Crippen LogP contribution >= 0.6 is 15.9 Å². The van der Waals surface area contributed by atoms with Crippen molar-refractivity contribution in [2.24, 2.45) is 0 Å². The average molecular weight is 329 g/mol. The molecule has 15 heavy (non-hydrogen) atoms. The highest BCUT2D eigenvalue weighted by molar-refractivity contribution is 9.10. The first-order valence-corrected chi connectivity index (χ1v) is 4.87. The van der Waals surface area contributed by atoms with E-state index in [1.54, 1.807) is 0 Å². The average Bonchev–Trinajstić information content (AvgIpc) is 1.77. The third-order valence-electron chi connectivity index (χ3n) is 0.828. The van der Waals surface area contributed by atoms with E-state index in [1.165, 1.54) is 0 Å². The fourth-order valence-corrected chi connectivity index (χ4v) is 0.895. The van der Waals surface area contributed by atoms with Gasteiger partial charge in [0.25, 0.3) is 0 Å². The van der Waals surface area contributed by atoms with Crippen LogP contribution in [0.1, 0.15) is 0 Å². The molecule has 0 saturated carbocycles. The van der Waals surface area contributed by atoms with Gasteiger partial charge in [0.1, 0.15) is 0 Å². The lowest BCUT2D eigenvalue weighted by molar-refractivity contribution is -0.268. The summed E-state index contributed by atoms with van der Waals surface area (Å²) in [7, 11) is -6.80. The van der Waals surface area contributed by atoms with E-state index >= 15 is 0 Å². The van der Waals surface area contributed by atoms with Gasteiger partial charge in [0.05, 0.1) is 0 Å². The van der Waals surface area contributed by atoms with Gasteiger partial charge in [0.2, 0.25) is 0 Å². The first kappa shape index (κ1) is 14.9. The molecule has 3 nitrogen and oxygen atoms in total.